The highest BCUT2D eigenvalue weighted by molar-refractivity contribution is 5.93. The van der Waals surface area contributed by atoms with E-state index in [0.29, 0.717) is 12.2 Å². The number of pyridine rings is 1. The van der Waals surface area contributed by atoms with E-state index in [-0.39, 0.29) is 5.91 Å². The van der Waals surface area contributed by atoms with Crippen molar-refractivity contribution >= 4 is 5.91 Å². The minimum absolute atomic E-state index is 0.185. The van der Waals surface area contributed by atoms with Crippen molar-refractivity contribution in [2.24, 2.45) is 7.05 Å². The summed E-state index contributed by atoms with van der Waals surface area (Å²) in [5.41, 5.74) is 4.01. The van der Waals surface area contributed by atoms with E-state index in [1.165, 1.54) is 0 Å². The summed E-state index contributed by atoms with van der Waals surface area (Å²) in [6.45, 7) is 0.367. The van der Waals surface area contributed by atoms with E-state index in [1.54, 1.807) is 36.5 Å². The highest BCUT2D eigenvalue weighted by Gasteiger charge is 2.14. The molecule has 1 N–H and O–H groups in total. The summed E-state index contributed by atoms with van der Waals surface area (Å²) in [5.74, 6) is 0.561. The second-order valence-electron chi connectivity index (χ2n) is 6.15. The number of rotatable bonds is 5. The molecule has 0 aliphatic heterocycles. The first-order valence-electron chi connectivity index (χ1n) is 8.56. The van der Waals surface area contributed by atoms with Gasteiger partial charge < -0.3 is 9.73 Å². The molecule has 1 amide bonds. The van der Waals surface area contributed by atoms with E-state index in [2.05, 4.69) is 15.4 Å². The van der Waals surface area contributed by atoms with Gasteiger partial charge in [-0.15, -0.1) is 0 Å². The van der Waals surface area contributed by atoms with Crippen molar-refractivity contribution in [1.82, 2.24) is 20.1 Å². The van der Waals surface area contributed by atoms with Gasteiger partial charge in [0.2, 0.25) is 0 Å². The molecule has 0 aliphatic carbocycles. The first-order chi connectivity index (χ1) is 13.2. The lowest BCUT2D eigenvalue weighted by Gasteiger charge is -2.06. The Morgan fingerprint density at radius 1 is 1.07 bits per heavy atom. The third kappa shape index (κ3) is 3.64. The number of carbonyl (C=O) groups is 1. The van der Waals surface area contributed by atoms with Crippen LogP contribution in [0.2, 0.25) is 0 Å². The predicted octanol–water partition coefficient (Wildman–Crippen LogP) is 3.67. The molecule has 27 heavy (non-hydrogen) atoms. The third-order valence-electron chi connectivity index (χ3n) is 4.24. The molecule has 0 atom stereocenters. The monoisotopic (exact) mass is 358 g/mol. The largest absolute Gasteiger partial charge is 0.464 e. The number of amides is 1. The Bertz CT molecular complexity index is 1050. The zero-order valence-corrected chi connectivity index (χ0v) is 14.8. The first-order valence-corrected chi connectivity index (χ1v) is 8.56. The zero-order valence-electron chi connectivity index (χ0n) is 14.8. The number of nitrogens with zero attached hydrogens (tertiary/aromatic N) is 3. The Hall–Kier alpha value is -3.67. The molecule has 3 aromatic heterocycles. The number of furan rings is 1. The normalized spacial score (nSPS) is 10.7. The van der Waals surface area contributed by atoms with Crippen LogP contribution in [0, 0.1) is 0 Å². The molecule has 1 aromatic carbocycles. The van der Waals surface area contributed by atoms with Gasteiger partial charge in [-0.2, -0.15) is 5.10 Å². The van der Waals surface area contributed by atoms with Gasteiger partial charge in [-0.25, -0.2) is 0 Å². The topological polar surface area (TPSA) is 73.0 Å². The lowest BCUT2D eigenvalue weighted by atomic mass is 10.1. The molecule has 0 radical (unpaired) electrons. The molecule has 4 aromatic rings. The molecule has 0 unspecified atom stereocenters. The smallest absolute Gasteiger partial charge is 0.269 e. The summed E-state index contributed by atoms with van der Waals surface area (Å²) in [5, 5.41) is 7.36. The number of aryl methyl sites for hydroxylation is 1. The lowest BCUT2D eigenvalue weighted by Crippen LogP contribution is -2.25. The average Bonchev–Trinajstić information content (AvgIpc) is 3.37. The maximum absolute atomic E-state index is 12.6. The van der Waals surface area contributed by atoms with Crippen molar-refractivity contribution in [2.75, 3.05) is 0 Å². The van der Waals surface area contributed by atoms with E-state index in [1.807, 2.05) is 48.5 Å². The molecule has 0 saturated heterocycles. The van der Waals surface area contributed by atoms with Crippen LogP contribution in [0.3, 0.4) is 0 Å². The minimum Gasteiger partial charge on any atom is -0.464 e. The molecule has 0 fully saturated rings. The molecular formula is C21H18N4O2. The zero-order chi connectivity index (χ0) is 18.6. The van der Waals surface area contributed by atoms with E-state index < -0.39 is 0 Å². The van der Waals surface area contributed by atoms with Crippen molar-refractivity contribution in [2.45, 2.75) is 6.54 Å². The van der Waals surface area contributed by atoms with E-state index >= 15 is 0 Å². The Morgan fingerprint density at radius 3 is 2.70 bits per heavy atom. The lowest BCUT2D eigenvalue weighted by molar-refractivity contribution is 0.0941. The van der Waals surface area contributed by atoms with Gasteiger partial charge in [0.1, 0.15) is 11.5 Å². The molecule has 6 heteroatoms. The summed E-state index contributed by atoms with van der Waals surface area (Å²) in [6.07, 6.45) is 5.08. The van der Waals surface area contributed by atoms with Crippen LogP contribution in [-0.2, 0) is 13.6 Å². The summed E-state index contributed by atoms with van der Waals surface area (Å²) >= 11 is 0. The van der Waals surface area contributed by atoms with Crippen molar-refractivity contribution in [3.05, 3.63) is 84.5 Å². The second-order valence-corrected chi connectivity index (χ2v) is 6.15. The van der Waals surface area contributed by atoms with Crippen LogP contribution in [0.1, 0.15) is 16.1 Å². The van der Waals surface area contributed by atoms with Gasteiger partial charge in [-0.3, -0.25) is 14.5 Å². The molecule has 0 spiro atoms. The van der Waals surface area contributed by atoms with Crippen molar-refractivity contribution in [3.8, 4) is 22.6 Å². The molecule has 0 bridgehead atoms. The van der Waals surface area contributed by atoms with Crippen LogP contribution in [0.4, 0.5) is 0 Å². The summed E-state index contributed by atoms with van der Waals surface area (Å²) in [7, 11) is 1.76. The fourth-order valence-corrected chi connectivity index (χ4v) is 2.86. The fraction of sp³-hybridized carbons (Fsp3) is 0.0952. The standard InChI is InChI=1S/C21H18N4O2/c1-25-19(11-18(24-25)16-6-3-2-4-7-16)21(26)23-13-15-10-17(14-22-12-15)20-8-5-9-27-20/h2-12,14H,13H2,1H3,(H,23,26). The van der Waals surface area contributed by atoms with Gasteiger partial charge in [0.15, 0.2) is 0 Å². The Balaban J connectivity index is 1.47. The summed E-state index contributed by atoms with van der Waals surface area (Å²) in [6, 6.07) is 17.2. The fourth-order valence-electron chi connectivity index (χ4n) is 2.86. The summed E-state index contributed by atoms with van der Waals surface area (Å²) in [4.78, 5) is 16.8. The number of benzene rings is 1. The third-order valence-corrected chi connectivity index (χ3v) is 4.24. The molecule has 0 aliphatic rings. The van der Waals surface area contributed by atoms with Gasteiger partial charge in [0.05, 0.1) is 12.0 Å². The number of nitrogens with one attached hydrogen (secondary N) is 1. The van der Waals surface area contributed by atoms with Crippen LogP contribution in [0.15, 0.2) is 77.7 Å². The highest BCUT2D eigenvalue weighted by Crippen LogP contribution is 2.20. The van der Waals surface area contributed by atoms with Gasteiger partial charge in [0.25, 0.3) is 5.91 Å². The SMILES string of the molecule is Cn1nc(-c2ccccc2)cc1C(=O)NCc1cncc(-c2ccco2)c1. The molecule has 134 valence electrons. The average molecular weight is 358 g/mol. The van der Waals surface area contributed by atoms with E-state index in [0.717, 1.165) is 28.1 Å². The van der Waals surface area contributed by atoms with E-state index in [9.17, 15) is 4.79 Å². The Labute approximate surface area is 156 Å². The van der Waals surface area contributed by atoms with Crippen LogP contribution >= 0.6 is 0 Å². The quantitative estimate of drug-likeness (QED) is 0.591. The highest BCUT2D eigenvalue weighted by atomic mass is 16.3. The van der Waals surface area contributed by atoms with Crippen LogP contribution in [-0.4, -0.2) is 20.7 Å². The van der Waals surface area contributed by atoms with Crippen molar-refractivity contribution in [1.29, 1.82) is 0 Å². The molecule has 6 nitrogen and oxygen atoms in total. The molecular weight excluding hydrogens is 340 g/mol. The predicted molar refractivity (Wildman–Crippen MR) is 102 cm³/mol. The Morgan fingerprint density at radius 2 is 1.93 bits per heavy atom. The van der Waals surface area contributed by atoms with Gasteiger partial charge in [0, 0.05) is 37.1 Å². The molecule has 3 heterocycles. The number of hydrogen-bond acceptors (Lipinski definition) is 4. The second kappa shape index (κ2) is 7.29. The number of aromatic nitrogens is 3. The van der Waals surface area contributed by atoms with Crippen molar-refractivity contribution in [3.63, 3.8) is 0 Å². The molecule has 4 rings (SSSR count). The maximum atomic E-state index is 12.6. The number of carbonyl (C=O) groups excluding carboxylic acids is 1. The van der Waals surface area contributed by atoms with Crippen molar-refractivity contribution < 1.29 is 9.21 Å². The molecule has 0 saturated carbocycles. The van der Waals surface area contributed by atoms with Crippen LogP contribution in [0.5, 0.6) is 0 Å². The maximum Gasteiger partial charge on any atom is 0.269 e. The summed E-state index contributed by atoms with van der Waals surface area (Å²) < 4.78 is 6.98. The Kier molecular flexibility index (Phi) is 4.53. The first kappa shape index (κ1) is 16.8. The minimum atomic E-state index is -0.185. The van der Waals surface area contributed by atoms with Crippen LogP contribution in [0.25, 0.3) is 22.6 Å². The van der Waals surface area contributed by atoms with Gasteiger partial charge in [-0.05, 0) is 29.8 Å². The van der Waals surface area contributed by atoms with Gasteiger partial charge in [-0.1, -0.05) is 30.3 Å². The van der Waals surface area contributed by atoms with Crippen LogP contribution < -0.4 is 5.32 Å². The number of hydrogen-bond donors (Lipinski definition) is 1. The van der Waals surface area contributed by atoms with E-state index in [4.69, 9.17) is 4.42 Å². The van der Waals surface area contributed by atoms with Gasteiger partial charge >= 0.3 is 0 Å².